The van der Waals surface area contributed by atoms with Crippen LogP contribution in [0.5, 0.6) is 0 Å². The number of rotatable bonds is 3. The number of ether oxygens (including phenoxy) is 1. The van der Waals surface area contributed by atoms with Crippen molar-refractivity contribution in [1.29, 1.82) is 0 Å². The number of hydrogen-bond donors (Lipinski definition) is 1. The first-order valence-electron chi connectivity index (χ1n) is 5.72. The van der Waals surface area contributed by atoms with Gasteiger partial charge in [0.1, 0.15) is 0 Å². The summed E-state index contributed by atoms with van der Waals surface area (Å²) in [6.45, 7) is 4.51. The molecule has 1 aliphatic heterocycles. The summed E-state index contributed by atoms with van der Waals surface area (Å²) in [5.74, 6) is 0.290. The Kier molecular flexibility index (Phi) is 3.78. The maximum Gasteiger partial charge on any atom is 0.286 e. The molecule has 2 heterocycles. The first-order valence-corrected chi connectivity index (χ1v) is 6.60. The van der Waals surface area contributed by atoms with E-state index in [2.05, 4.69) is 10.3 Å². The van der Waals surface area contributed by atoms with Crippen molar-refractivity contribution < 1.29 is 9.53 Å². The highest BCUT2D eigenvalue weighted by Gasteiger charge is 2.17. The van der Waals surface area contributed by atoms with Crippen LogP contribution in [0.3, 0.4) is 0 Å². The Morgan fingerprint density at radius 3 is 3.06 bits per heavy atom. The number of carbonyl (C=O) groups excluding carboxylic acids is 1. The second-order valence-electron chi connectivity index (χ2n) is 4.05. The SMILES string of the molecule is Cc1nc(C(C)NC(=O)C2=CCCCO2)cs1. The summed E-state index contributed by atoms with van der Waals surface area (Å²) < 4.78 is 5.31. The van der Waals surface area contributed by atoms with E-state index in [0.29, 0.717) is 12.4 Å². The van der Waals surface area contributed by atoms with Crippen LogP contribution < -0.4 is 5.32 Å². The van der Waals surface area contributed by atoms with Crippen LogP contribution in [0.4, 0.5) is 0 Å². The van der Waals surface area contributed by atoms with Gasteiger partial charge in [0.05, 0.1) is 23.4 Å². The van der Waals surface area contributed by atoms with Gasteiger partial charge in [0, 0.05) is 5.38 Å². The molecular formula is C12H16N2O2S. The summed E-state index contributed by atoms with van der Waals surface area (Å²) in [6, 6.07) is -0.0844. The molecule has 0 radical (unpaired) electrons. The third kappa shape index (κ3) is 3.06. The molecule has 0 fully saturated rings. The van der Waals surface area contributed by atoms with E-state index in [1.807, 2.05) is 25.3 Å². The van der Waals surface area contributed by atoms with Crippen molar-refractivity contribution in [3.05, 3.63) is 27.9 Å². The average Bonchev–Trinajstić information content (AvgIpc) is 2.77. The van der Waals surface area contributed by atoms with Gasteiger partial charge in [0.2, 0.25) is 0 Å². The molecule has 1 atom stereocenters. The van der Waals surface area contributed by atoms with Crippen LogP contribution in [0.1, 0.15) is 36.5 Å². The van der Waals surface area contributed by atoms with Gasteiger partial charge in [-0.2, -0.15) is 0 Å². The van der Waals surface area contributed by atoms with E-state index in [-0.39, 0.29) is 11.9 Å². The molecule has 0 saturated carbocycles. The van der Waals surface area contributed by atoms with Crippen LogP contribution in [-0.4, -0.2) is 17.5 Å². The zero-order chi connectivity index (χ0) is 12.3. The highest BCUT2D eigenvalue weighted by molar-refractivity contribution is 7.09. The quantitative estimate of drug-likeness (QED) is 0.898. The number of hydrogen-bond acceptors (Lipinski definition) is 4. The molecule has 1 amide bonds. The molecule has 1 aliphatic rings. The molecule has 1 N–H and O–H groups in total. The Bertz CT molecular complexity index is 439. The van der Waals surface area contributed by atoms with Gasteiger partial charge in [0.15, 0.2) is 5.76 Å². The molecule has 1 aromatic heterocycles. The van der Waals surface area contributed by atoms with Crippen molar-refractivity contribution in [2.75, 3.05) is 6.61 Å². The minimum atomic E-state index is -0.150. The first kappa shape index (κ1) is 12.1. The number of amides is 1. The van der Waals surface area contributed by atoms with Crippen molar-refractivity contribution in [3.63, 3.8) is 0 Å². The van der Waals surface area contributed by atoms with E-state index < -0.39 is 0 Å². The van der Waals surface area contributed by atoms with Crippen molar-refractivity contribution in [2.45, 2.75) is 32.7 Å². The van der Waals surface area contributed by atoms with Crippen molar-refractivity contribution >= 4 is 17.2 Å². The van der Waals surface area contributed by atoms with E-state index in [1.165, 1.54) is 0 Å². The number of allylic oxidation sites excluding steroid dienone is 1. The van der Waals surface area contributed by atoms with Gasteiger partial charge < -0.3 is 10.1 Å². The lowest BCUT2D eigenvalue weighted by Gasteiger charge is -2.17. The van der Waals surface area contributed by atoms with Gasteiger partial charge >= 0.3 is 0 Å². The number of aromatic nitrogens is 1. The van der Waals surface area contributed by atoms with Crippen LogP contribution in [-0.2, 0) is 9.53 Å². The predicted molar refractivity (Wildman–Crippen MR) is 66.7 cm³/mol. The maximum absolute atomic E-state index is 11.9. The summed E-state index contributed by atoms with van der Waals surface area (Å²) in [5.41, 5.74) is 0.900. The van der Waals surface area contributed by atoms with Gasteiger partial charge in [-0.3, -0.25) is 4.79 Å². The molecule has 0 aromatic carbocycles. The van der Waals surface area contributed by atoms with Crippen LogP contribution in [0, 0.1) is 6.92 Å². The Hall–Kier alpha value is -1.36. The van der Waals surface area contributed by atoms with Crippen LogP contribution in [0.2, 0.25) is 0 Å². The first-order chi connectivity index (χ1) is 8.16. The molecule has 4 nitrogen and oxygen atoms in total. The summed E-state index contributed by atoms with van der Waals surface area (Å²) in [6.07, 6.45) is 3.74. The van der Waals surface area contributed by atoms with E-state index in [9.17, 15) is 4.79 Å². The molecular weight excluding hydrogens is 236 g/mol. The van der Waals surface area contributed by atoms with E-state index in [0.717, 1.165) is 23.5 Å². The molecule has 0 spiro atoms. The smallest absolute Gasteiger partial charge is 0.286 e. The van der Waals surface area contributed by atoms with Gasteiger partial charge in [-0.15, -0.1) is 11.3 Å². The summed E-state index contributed by atoms with van der Waals surface area (Å²) in [7, 11) is 0. The molecule has 0 bridgehead atoms. The largest absolute Gasteiger partial charge is 0.488 e. The monoisotopic (exact) mass is 252 g/mol. The van der Waals surface area contributed by atoms with Crippen molar-refractivity contribution in [3.8, 4) is 0 Å². The normalized spacial score (nSPS) is 16.9. The molecule has 2 rings (SSSR count). The predicted octanol–water partition coefficient (Wildman–Crippen LogP) is 2.32. The van der Waals surface area contributed by atoms with E-state index in [1.54, 1.807) is 11.3 Å². The molecule has 92 valence electrons. The fourth-order valence-corrected chi connectivity index (χ4v) is 2.34. The molecule has 1 unspecified atom stereocenters. The highest BCUT2D eigenvalue weighted by Crippen LogP contribution is 2.17. The zero-order valence-electron chi connectivity index (χ0n) is 10.0. The van der Waals surface area contributed by atoms with Crippen LogP contribution in [0.15, 0.2) is 17.2 Å². The average molecular weight is 252 g/mol. The molecule has 0 aliphatic carbocycles. The third-order valence-electron chi connectivity index (χ3n) is 2.59. The molecule has 1 aromatic rings. The minimum Gasteiger partial charge on any atom is -0.488 e. The van der Waals surface area contributed by atoms with Gasteiger partial charge in [-0.05, 0) is 32.8 Å². The minimum absolute atomic E-state index is 0.0844. The fraction of sp³-hybridized carbons (Fsp3) is 0.500. The molecule has 5 heteroatoms. The Morgan fingerprint density at radius 1 is 1.65 bits per heavy atom. The number of nitrogens with zero attached hydrogens (tertiary/aromatic N) is 1. The second kappa shape index (κ2) is 5.31. The number of nitrogens with one attached hydrogen (secondary N) is 1. The Balaban J connectivity index is 1.96. The summed E-state index contributed by atoms with van der Waals surface area (Å²) >= 11 is 1.59. The number of carbonyl (C=O) groups is 1. The standard InChI is InChI=1S/C12H16N2O2S/c1-8(10-7-17-9(2)14-10)13-12(15)11-5-3-4-6-16-11/h5,7-8H,3-4,6H2,1-2H3,(H,13,15). The lowest BCUT2D eigenvalue weighted by atomic mass is 10.2. The van der Waals surface area contributed by atoms with Gasteiger partial charge in [0.25, 0.3) is 5.91 Å². The molecule has 17 heavy (non-hydrogen) atoms. The lowest BCUT2D eigenvalue weighted by molar-refractivity contribution is -0.121. The second-order valence-corrected chi connectivity index (χ2v) is 5.11. The Labute approximate surface area is 105 Å². The van der Waals surface area contributed by atoms with Crippen LogP contribution >= 0.6 is 11.3 Å². The lowest BCUT2D eigenvalue weighted by Crippen LogP contribution is -2.30. The number of thiazole rings is 1. The van der Waals surface area contributed by atoms with Crippen molar-refractivity contribution in [2.24, 2.45) is 0 Å². The summed E-state index contributed by atoms with van der Waals surface area (Å²) in [5, 5.41) is 5.87. The highest BCUT2D eigenvalue weighted by atomic mass is 32.1. The third-order valence-corrected chi connectivity index (χ3v) is 3.38. The maximum atomic E-state index is 11.9. The van der Waals surface area contributed by atoms with Crippen molar-refractivity contribution in [1.82, 2.24) is 10.3 Å². The zero-order valence-corrected chi connectivity index (χ0v) is 10.8. The van der Waals surface area contributed by atoms with Crippen LogP contribution in [0.25, 0.3) is 0 Å². The Morgan fingerprint density at radius 2 is 2.47 bits per heavy atom. The fourth-order valence-electron chi connectivity index (χ4n) is 1.64. The number of aryl methyl sites for hydroxylation is 1. The van der Waals surface area contributed by atoms with E-state index >= 15 is 0 Å². The summed E-state index contributed by atoms with van der Waals surface area (Å²) in [4.78, 5) is 16.2. The van der Waals surface area contributed by atoms with E-state index in [4.69, 9.17) is 4.74 Å². The molecule has 0 saturated heterocycles. The van der Waals surface area contributed by atoms with Gasteiger partial charge in [-0.25, -0.2) is 4.98 Å². The van der Waals surface area contributed by atoms with Gasteiger partial charge in [-0.1, -0.05) is 0 Å². The topological polar surface area (TPSA) is 51.2 Å².